The Morgan fingerprint density at radius 3 is 2.00 bits per heavy atom. The first-order chi connectivity index (χ1) is 17.1. The van der Waals surface area contributed by atoms with Crippen molar-refractivity contribution in [2.45, 2.75) is 43.7 Å². The van der Waals surface area contributed by atoms with Crippen LogP contribution in [0.4, 0.5) is 4.79 Å². The molecule has 5 heteroatoms. The number of hydrogen-bond acceptors (Lipinski definition) is 4. The number of hydrogen-bond donors (Lipinski definition) is 0. The molecule has 2 heterocycles. The van der Waals surface area contributed by atoms with Crippen molar-refractivity contribution < 1.29 is 14.3 Å². The Morgan fingerprint density at radius 2 is 1.43 bits per heavy atom. The van der Waals surface area contributed by atoms with Gasteiger partial charge in [-0.15, -0.1) is 0 Å². The number of nitrogens with zero attached hydrogens (tertiary/aromatic N) is 2. The summed E-state index contributed by atoms with van der Waals surface area (Å²) in [5.74, 6) is 0.0520. The van der Waals surface area contributed by atoms with Crippen LogP contribution in [0.3, 0.4) is 0 Å². The molecule has 0 radical (unpaired) electrons. The van der Waals surface area contributed by atoms with Crippen molar-refractivity contribution in [3.8, 4) is 17.2 Å². The van der Waals surface area contributed by atoms with E-state index in [4.69, 9.17) is 10.00 Å². The largest absolute Gasteiger partial charge is 0.448 e. The third kappa shape index (κ3) is 3.70. The zero-order valence-corrected chi connectivity index (χ0v) is 19.4. The lowest BCUT2D eigenvalue weighted by molar-refractivity contribution is 0.0506. The number of nitriles is 1. The zero-order valence-electron chi connectivity index (χ0n) is 19.4. The van der Waals surface area contributed by atoms with Crippen LogP contribution in [-0.4, -0.2) is 35.5 Å². The molecule has 35 heavy (non-hydrogen) atoms. The van der Waals surface area contributed by atoms with Crippen LogP contribution in [0.25, 0.3) is 11.1 Å². The highest BCUT2D eigenvalue weighted by atomic mass is 16.6. The van der Waals surface area contributed by atoms with Gasteiger partial charge in [0, 0.05) is 29.5 Å². The highest BCUT2D eigenvalue weighted by molar-refractivity contribution is 5.98. The Balaban J connectivity index is 1.14. The number of ether oxygens (including phenoxy) is 1. The molecule has 3 aliphatic rings. The summed E-state index contributed by atoms with van der Waals surface area (Å²) in [7, 11) is 0. The Hall–Kier alpha value is -3.91. The molecule has 1 amide bonds. The second kappa shape index (κ2) is 8.70. The highest BCUT2D eigenvalue weighted by Crippen LogP contribution is 2.45. The molecule has 3 aromatic rings. The van der Waals surface area contributed by atoms with Crippen molar-refractivity contribution in [1.29, 1.82) is 5.26 Å². The molecule has 2 atom stereocenters. The minimum atomic E-state index is -0.261. The van der Waals surface area contributed by atoms with Crippen molar-refractivity contribution in [1.82, 2.24) is 4.90 Å². The molecule has 2 fully saturated rings. The number of rotatable bonds is 4. The number of piperidine rings is 1. The van der Waals surface area contributed by atoms with Crippen molar-refractivity contribution in [2.75, 3.05) is 6.61 Å². The van der Waals surface area contributed by atoms with E-state index in [1.54, 1.807) is 24.3 Å². The molecular weight excluding hydrogens is 436 g/mol. The van der Waals surface area contributed by atoms with E-state index in [-0.39, 0.29) is 35.8 Å². The number of carbonyl (C=O) groups is 2. The predicted molar refractivity (Wildman–Crippen MR) is 132 cm³/mol. The molecule has 5 nitrogen and oxygen atoms in total. The van der Waals surface area contributed by atoms with E-state index >= 15 is 0 Å². The standard InChI is InChI=1S/C30H26N2O3/c31-17-19-9-11-20(12-10-19)29(33)21-15-22-13-14-23(16-21)32(22)30(34)35-18-28-26-7-3-1-5-24(26)25-6-2-4-8-27(25)28/h1-12,21-23,28H,13-16,18H2. The van der Waals surface area contributed by atoms with E-state index in [0.717, 1.165) is 12.8 Å². The van der Waals surface area contributed by atoms with Gasteiger partial charge < -0.3 is 9.64 Å². The molecule has 2 aliphatic heterocycles. The Kier molecular flexibility index (Phi) is 5.37. The highest BCUT2D eigenvalue weighted by Gasteiger charge is 2.46. The van der Waals surface area contributed by atoms with E-state index in [2.05, 4.69) is 30.3 Å². The summed E-state index contributed by atoms with van der Waals surface area (Å²) in [6, 6.07) is 25.7. The second-order valence-corrected chi connectivity index (χ2v) is 9.82. The first kappa shape index (κ1) is 21.6. The van der Waals surface area contributed by atoms with Crippen LogP contribution in [0.2, 0.25) is 0 Å². The van der Waals surface area contributed by atoms with E-state index in [1.807, 2.05) is 29.2 Å². The topological polar surface area (TPSA) is 70.4 Å². The van der Waals surface area contributed by atoms with Gasteiger partial charge >= 0.3 is 6.09 Å². The quantitative estimate of drug-likeness (QED) is 0.451. The van der Waals surface area contributed by atoms with Gasteiger partial charge in [-0.1, -0.05) is 60.7 Å². The van der Waals surface area contributed by atoms with Crippen molar-refractivity contribution in [3.05, 3.63) is 95.1 Å². The van der Waals surface area contributed by atoms with Crippen LogP contribution < -0.4 is 0 Å². The number of benzene rings is 3. The monoisotopic (exact) mass is 462 g/mol. The molecule has 174 valence electrons. The molecule has 2 unspecified atom stereocenters. The Morgan fingerprint density at radius 1 is 0.857 bits per heavy atom. The first-order valence-corrected chi connectivity index (χ1v) is 12.3. The number of carbonyl (C=O) groups excluding carboxylic acids is 2. The lowest BCUT2D eigenvalue weighted by Crippen LogP contribution is -2.48. The second-order valence-electron chi connectivity index (χ2n) is 9.82. The average Bonchev–Trinajstić information content (AvgIpc) is 3.37. The molecule has 2 bridgehead atoms. The van der Waals surface area contributed by atoms with E-state index in [0.29, 0.717) is 30.6 Å². The van der Waals surface area contributed by atoms with E-state index in [1.165, 1.54) is 22.3 Å². The average molecular weight is 463 g/mol. The minimum absolute atomic E-state index is 0.0386. The molecule has 3 aromatic carbocycles. The summed E-state index contributed by atoms with van der Waals surface area (Å²) in [6.07, 6.45) is 2.89. The smallest absolute Gasteiger partial charge is 0.410 e. The van der Waals surface area contributed by atoms with Gasteiger partial charge in [0.25, 0.3) is 0 Å². The molecule has 2 saturated heterocycles. The fourth-order valence-electron chi connectivity index (χ4n) is 6.30. The van der Waals surface area contributed by atoms with Crippen molar-refractivity contribution in [3.63, 3.8) is 0 Å². The van der Waals surface area contributed by atoms with Gasteiger partial charge in [-0.25, -0.2) is 4.79 Å². The number of ketones is 1. The van der Waals surface area contributed by atoms with Gasteiger partial charge in [0.1, 0.15) is 6.61 Å². The van der Waals surface area contributed by atoms with Crippen LogP contribution in [0, 0.1) is 17.2 Å². The molecule has 0 N–H and O–H groups in total. The van der Waals surface area contributed by atoms with Gasteiger partial charge in [0.05, 0.1) is 11.6 Å². The van der Waals surface area contributed by atoms with Gasteiger partial charge in [0.2, 0.25) is 0 Å². The summed E-state index contributed by atoms with van der Waals surface area (Å²) in [5, 5.41) is 9.00. The number of Topliss-reactive ketones (excluding diaryl/α,β-unsaturated/α-hetero) is 1. The molecule has 0 saturated carbocycles. The maximum atomic E-state index is 13.2. The van der Waals surface area contributed by atoms with Crippen LogP contribution >= 0.6 is 0 Å². The third-order valence-corrected chi connectivity index (χ3v) is 7.95. The number of fused-ring (bicyclic) bond motifs is 5. The van der Waals surface area contributed by atoms with Gasteiger partial charge in [-0.05, 0) is 60.1 Å². The fourth-order valence-corrected chi connectivity index (χ4v) is 6.30. The summed E-state index contributed by atoms with van der Waals surface area (Å²) in [6.45, 7) is 0.316. The number of amides is 1. The van der Waals surface area contributed by atoms with Crippen LogP contribution in [0.15, 0.2) is 72.8 Å². The van der Waals surface area contributed by atoms with Gasteiger partial charge in [-0.3, -0.25) is 4.79 Å². The zero-order chi connectivity index (χ0) is 23.9. The maximum absolute atomic E-state index is 13.2. The van der Waals surface area contributed by atoms with Crippen LogP contribution in [-0.2, 0) is 4.74 Å². The lowest BCUT2D eigenvalue weighted by Gasteiger charge is -2.37. The van der Waals surface area contributed by atoms with Crippen LogP contribution in [0.5, 0.6) is 0 Å². The Labute approximate surface area is 204 Å². The molecular formula is C30H26N2O3. The summed E-state index contributed by atoms with van der Waals surface area (Å²) in [4.78, 5) is 28.3. The van der Waals surface area contributed by atoms with E-state index < -0.39 is 0 Å². The molecule has 1 aliphatic carbocycles. The summed E-state index contributed by atoms with van der Waals surface area (Å²) in [5.41, 5.74) is 6.03. The Bertz CT molecular complexity index is 1280. The van der Waals surface area contributed by atoms with E-state index in [9.17, 15) is 9.59 Å². The maximum Gasteiger partial charge on any atom is 0.410 e. The lowest BCUT2D eigenvalue weighted by atomic mass is 9.85. The van der Waals surface area contributed by atoms with Crippen molar-refractivity contribution >= 4 is 11.9 Å². The van der Waals surface area contributed by atoms with Crippen LogP contribution in [0.1, 0.15) is 58.6 Å². The molecule has 0 spiro atoms. The minimum Gasteiger partial charge on any atom is -0.448 e. The predicted octanol–water partition coefficient (Wildman–Crippen LogP) is 5.93. The summed E-state index contributed by atoms with van der Waals surface area (Å²) >= 11 is 0. The first-order valence-electron chi connectivity index (χ1n) is 12.3. The third-order valence-electron chi connectivity index (χ3n) is 7.95. The van der Waals surface area contributed by atoms with Gasteiger partial charge in [0.15, 0.2) is 5.78 Å². The SMILES string of the molecule is N#Cc1ccc(C(=O)C2CC3CCC(C2)N3C(=O)OCC2c3ccccc3-c3ccccc32)cc1. The van der Waals surface area contributed by atoms with Crippen molar-refractivity contribution in [2.24, 2.45) is 5.92 Å². The van der Waals surface area contributed by atoms with Gasteiger partial charge in [-0.2, -0.15) is 5.26 Å². The normalized spacial score (nSPS) is 22.3. The molecule has 0 aromatic heterocycles. The summed E-state index contributed by atoms with van der Waals surface area (Å²) < 4.78 is 5.94. The fraction of sp³-hybridized carbons (Fsp3) is 0.300. The molecule has 6 rings (SSSR count).